The molecule has 198 valence electrons. The van der Waals surface area contributed by atoms with Crippen molar-refractivity contribution >= 4 is 29.7 Å². The number of carbonyl (C=O) groups excluding carboxylic acids is 3. The molecule has 3 amide bonds. The van der Waals surface area contributed by atoms with Gasteiger partial charge >= 0.3 is 11.9 Å². The molecule has 12 nitrogen and oxygen atoms in total. The van der Waals surface area contributed by atoms with E-state index in [-0.39, 0.29) is 19.4 Å². The van der Waals surface area contributed by atoms with Crippen LogP contribution in [0.4, 0.5) is 0 Å². The van der Waals surface area contributed by atoms with Crippen LogP contribution >= 0.6 is 0 Å². The molecule has 1 fully saturated rings. The van der Waals surface area contributed by atoms with Crippen molar-refractivity contribution in [3.05, 3.63) is 35.9 Å². The normalized spacial score (nSPS) is 17.6. The van der Waals surface area contributed by atoms with Gasteiger partial charge in [-0.05, 0) is 44.2 Å². The number of benzene rings is 1. The summed E-state index contributed by atoms with van der Waals surface area (Å²) in [4.78, 5) is 62.9. The van der Waals surface area contributed by atoms with Crippen LogP contribution in [0.1, 0.15) is 44.1 Å². The molecule has 1 aromatic carbocycles. The Balaban J connectivity index is 2.23. The fourth-order valence-corrected chi connectivity index (χ4v) is 4.13. The number of aliphatic carboxylic acids is 2. The molecule has 1 aliphatic rings. The highest BCUT2D eigenvalue weighted by atomic mass is 16.4. The summed E-state index contributed by atoms with van der Waals surface area (Å²) in [5, 5.41) is 23.6. The molecule has 0 aliphatic carbocycles. The van der Waals surface area contributed by atoms with Gasteiger partial charge in [-0.15, -0.1) is 0 Å². The van der Waals surface area contributed by atoms with Crippen molar-refractivity contribution in [2.75, 3.05) is 13.1 Å². The molecular formula is C24H35N5O7. The minimum absolute atomic E-state index is 0.121. The maximum absolute atomic E-state index is 13.4. The van der Waals surface area contributed by atoms with Gasteiger partial charge in [0.15, 0.2) is 0 Å². The van der Waals surface area contributed by atoms with E-state index < -0.39 is 60.2 Å². The van der Waals surface area contributed by atoms with E-state index in [9.17, 15) is 29.1 Å². The first-order valence-electron chi connectivity index (χ1n) is 12.0. The lowest BCUT2D eigenvalue weighted by Crippen LogP contribution is -2.57. The summed E-state index contributed by atoms with van der Waals surface area (Å²) in [6.07, 6.45) is 1.65. The molecule has 0 aromatic heterocycles. The van der Waals surface area contributed by atoms with Crippen molar-refractivity contribution in [1.82, 2.24) is 15.5 Å². The molecule has 1 saturated heterocycles. The molecule has 0 saturated carbocycles. The number of nitrogens with two attached hydrogens (primary N) is 2. The Hall–Kier alpha value is -3.51. The molecule has 2 rings (SSSR count). The average molecular weight is 506 g/mol. The third-order valence-corrected chi connectivity index (χ3v) is 6.03. The fraction of sp³-hybridized carbons (Fsp3) is 0.542. The minimum atomic E-state index is -1.35. The zero-order valence-electron chi connectivity index (χ0n) is 20.1. The van der Waals surface area contributed by atoms with E-state index in [1.54, 1.807) is 24.3 Å². The predicted molar refractivity (Wildman–Crippen MR) is 130 cm³/mol. The van der Waals surface area contributed by atoms with E-state index in [0.717, 1.165) is 5.56 Å². The van der Waals surface area contributed by atoms with Crippen molar-refractivity contribution in [3.63, 3.8) is 0 Å². The third-order valence-electron chi connectivity index (χ3n) is 6.03. The van der Waals surface area contributed by atoms with Gasteiger partial charge in [0.05, 0.1) is 12.5 Å². The average Bonchev–Trinajstić information content (AvgIpc) is 3.33. The number of hydrogen-bond acceptors (Lipinski definition) is 7. The lowest BCUT2D eigenvalue weighted by molar-refractivity contribution is -0.149. The molecule has 0 radical (unpaired) electrons. The second kappa shape index (κ2) is 14.1. The Labute approximate surface area is 209 Å². The molecular weight excluding hydrogens is 470 g/mol. The van der Waals surface area contributed by atoms with Crippen LogP contribution in [-0.4, -0.2) is 82.0 Å². The third kappa shape index (κ3) is 8.61. The van der Waals surface area contributed by atoms with Gasteiger partial charge in [0.2, 0.25) is 17.7 Å². The number of carboxylic acid groups (broad SMARTS) is 2. The van der Waals surface area contributed by atoms with Crippen molar-refractivity contribution < 1.29 is 34.2 Å². The monoisotopic (exact) mass is 505 g/mol. The van der Waals surface area contributed by atoms with Crippen molar-refractivity contribution in [2.45, 2.75) is 69.1 Å². The topological polar surface area (TPSA) is 205 Å². The lowest BCUT2D eigenvalue weighted by atomic mass is 10.0. The van der Waals surface area contributed by atoms with Crippen LogP contribution < -0.4 is 22.1 Å². The summed E-state index contributed by atoms with van der Waals surface area (Å²) in [5.41, 5.74) is 11.9. The van der Waals surface area contributed by atoms with E-state index in [1.165, 1.54) is 4.90 Å². The Morgan fingerprint density at radius 3 is 2.28 bits per heavy atom. The highest BCUT2D eigenvalue weighted by molar-refractivity contribution is 5.95. The van der Waals surface area contributed by atoms with Gasteiger partial charge in [-0.1, -0.05) is 30.3 Å². The van der Waals surface area contributed by atoms with E-state index in [0.29, 0.717) is 32.2 Å². The number of unbranched alkanes of at least 4 members (excludes halogenated alkanes) is 1. The van der Waals surface area contributed by atoms with Gasteiger partial charge in [0, 0.05) is 13.0 Å². The van der Waals surface area contributed by atoms with Crippen LogP contribution in [0, 0.1) is 0 Å². The maximum atomic E-state index is 13.4. The van der Waals surface area contributed by atoms with E-state index >= 15 is 0 Å². The van der Waals surface area contributed by atoms with Crippen LogP contribution in [0.3, 0.4) is 0 Å². The number of amides is 3. The van der Waals surface area contributed by atoms with Crippen molar-refractivity contribution in [1.29, 1.82) is 0 Å². The van der Waals surface area contributed by atoms with E-state index in [1.807, 2.05) is 6.07 Å². The Morgan fingerprint density at radius 1 is 1.00 bits per heavy atom. The Morgan fingerprint density at radius 2 is 1.67 bits per heavy atom. The van der Waals surface area contributed by atoms with Crippen LogP contribution in [0.15, 0.2) is 30.3 Å². The summed E-state index contributed by atoms with van der Waals surface area (Å²) < 4.78 is 0. The second-order valence-electron chi connectivity index (χ2n) is 8.83. The smallest absolute Gasteiger partial charge is 0.326 e. The number of nitrogens with zero attached hydrogens (tertiary/aromatic N) is 1. The molecule has 36 heavy (non-hydrogen) atoms. The zero-order chi connectivity index (χ0) is 26.7. The standard InChI is InChI=1S/C24H35N5O7/c25-11-5-4-9-17(27-21(32)16(26)14-20(30)31)22(33)28-18(13-15-7-2-1-3-8-15)23(34)29-12-6-10-19(29)24(35)36/h1-3,7-8,16-19H,4-6,9-14,25-26H2,(H,27,32)(H,28,33)(H,30,31)(H,35,36). The number of hydrogen-bond donors (Lipinski definition) is 6. The van der Waals surface area contributed by atoms with Gasteiger partial charge < -0.3 is 37.2 Å². The van der Waals surface area contributed by atoms with Crippen LogP contribution in [0.2, 0.25) is 0 Å². The number of carboxylic acids is 2. The SMILES string of the molecule is NCCCCC(NC(=O)C(N)CC(=O)O)C(=O)NC(Cc1ccccc1)C(=O)N1CCCC1C(=O)O. The predicted octanol–water partition coefficient (Wildman–Crippen LogP) is -0.795. The van der Waals surface area contributed by atoms with E-state index in [2.05, 4.69) is 10.6 Å². The molecule has 12 heteroatoms. The zero-order valence-corrected chi connectivity index (χ0v) is 20.1. The molecule has 0 bridgehead atoms. The Kier molecular flexibility index (Phi) is 11.3. The first-order chi connectivity index (χ1) is 17.1. The van der Waals surface area contributed by atoms with Gasteiger partial charge in [-0.3, -0.25) is 19.2 Å². The molecule has 1 heterocycles. The summed E-state index contributed by atoms with van der Waals surface area (Å²) in [6.45, 7) is 0.638. The van der Waals surface area contributed by atoms with E-state index in [4.69, 9.17) is 16.6 Å². The van der Waals surface area contributed by atoms with Gasteiger partial charge in [-0.25, -0.2) is 4.79 Å². The highest BCUT2D eigenvalue weighted by Crippen LogP contribution is 2.20. The quantitative estimate of drug-likeness (QED) is 0.175. The molecule has 4 unspecified atom stereocenters. The van der Waals surface area contributed by atoms with Crippen molar-refractivity contribution in [2.24, 2.45) is 11.5 Å². The minimum Gasteiger partial charge on any atom is -0.481 e. The molecule has 1 aromatic rings. The van der Waals surface area contributed by atoms with Crippen molar-refractivity contribution in [3.8, 4) is 0 Å². The molecule has 8 N–H and O–H groups in total. The summed E-state index contributed by atoms with van der Waals surface area (Å²) >= 11 is 0. The lowest BCUT2D eigenvalue weighted by Gasteiger charge is -2.29. The number of nitrogens with one attached hydrogen (secondary N) is 2. The largest absolute Gasteiger partial charge is 0.481 e. The maximum Gasteiger partial charge on any atom is 0.326 e. The summed E-state index contributed by atoms with van der Waals surface area (Å²) in [6, 6.07) is 4.49. The van der Waals surface area contributed by atoms with Crippen LogP contribution in [-0.2, 0) is 30.4 Å². The number of rotatable bonds is 14. The van der Waals surface area contributed by atoms with Crippen LogP contribution in [0.5, 0.6) is 0 Å². The van der Waals surface area contributed by atoms with Gasteiger partial charge in [0.1, 0.15) is 18.1 Å². The van der Waals surface area contributed by atoms with Gasteiger partial charge in [0.25, 0.3) is 0 Å². The Bertz CT molecular complexity index is 927. The molecule has 0 spiro atoms. The first kappa shape index (κ1) is 28.7. The summed E-state index contributed by atoms with van der Waals surface area (Å²) in [5.74, 6) is -4.34. The molecule has 4 atom stereocenters. The number of likely N-dealkylation sites (tertiary alicyclic amines) is 1. The molecule has 1 aliphatic heterocycles. The van der Waals surface area contributed by atoms with Crippen LogP contribution in [0.25, 0.3) is 0 Å². The van der Waals surface area contributed by atoms with Gasteiger partial charge in [-0.2, -0.15) is 0 Å². The fourth-order valence-electron chi connectivity index (χ4n) is 4.13. The summed E-state index contributed by atoms with van der Waals surface area (Å²) in [7, 11) is 0. The first-order valence-corrected chi connectivity index (χ1v) is 12.0. The number of carbonyl (C=O) groups is 5. The highest BCUT2D eigenvalue weighted by Gasteiger charge is 2.38. The second-order valence-corrected chi connectivity index (χ2v) is 8.83.